The SMILES string of the molecule is CCCCCCCCCCCCNCC1CCC(C)C1. The molecule has 0 saturated heterocycles. The van der Waals surface area contributed by atoms with Crippen molar-refractivity contribution in [2.45, 2.75) is 97.3 Å². The lowest BCUT2D eigenvalue weighted by Gasteiger charge is -2.10. The zero-order valence-electron chi connectivity index (χ0n) is 14.3. The molecular weight excluding hydrogens is 242 g/mol. The molecule has 1 N–H and O–H groups in total. The third-order valence-corrected chi connectivity index (χ3v) is 4.94. The first-order valence-electron chi connectivity index (χ1n) is 9.53. The van der Waals surface area contributed by atoms with Gasteiger partial charge in [-0.2, -0.15) is 0 Å². The summed E-state index contributed by atoms with van der Waals surface area (Å²) in [6.45, 7) is 7.23. The second-order valence-electron chi connectivity index (χ2n) is 7.17. The molecule has 2 unspecified atom stereocenters. The van der Waals surface area contributed by atoms with Crippen LogP contribution in [0.3, 0.4) is 0 Å². The van der Waals surface area contributed by atoms with Crippen LogP contribution in [0.1, 0.15) is 97.3 Å². The fourth-order valence-electron chi connectivity index (χ4n) is 3.55. The maximum Gasteiger partial charge on any atom is -0.00204 e. The Kier molecular flexibility index (Phi) is 11.4. The third kappa shape index (κ3) is 9.80. The minimum Gasteiger partial charge on any atom is -0.316 e. The monoisotopic (exact) mass is 281 g/mol. The Morgan fingerprint density at radius 2 is 1.40 bits per heavy atom. The van der Waals surface area contributed by atoms with Gasteiger partial charge in [-0.15, -0.1) is 0 Å². The van der Waals surface area contributed by atoms with Crippen LogP contribution in [0.15, 0.2) is 0 Å². The highest BCUT2D eigenvalue weighted by molar-refractivity contribution is 4.74. The van der Waals surface area contributed by atoms with E-state index in [2.05, 4.69) is 19.2 Å². The summed E-state index contributed by atoms with van der Waals surface area (Å²) in [6.07, 6.45) is 18.8. The molecule has 1 fully saturated rings. The summed E-state index contributed by atoms with van der Waals surface area (Å²) in [5, 5.41) is 3.67. The summed E-state index contributed by atoms with van der Waals surface area (Å²) in [5.74, 6) is 1.97. The van der Waals surface area contributed by atoms with Crippen LogP contribution < -0.4 is 5.32 Å². The van der Waals surface area contributed by atoms with Gasteiger partial charge < -0.3 is 5.32 Å². The molecule has 0 spiro atoms. The van der Waals surface area contributed by atoms with Gasteiger partial charge in [0.15, 0.2) is 0 Å². The molecule has 120 valence electrons. The highest BCUT2D eigenvalue weighted by atomic mass is 14.9. The van der Waals surface area contributed by atoms with Crippen molar-refractivity contribution in [3.63, 3.8) is 0 Å². The fraction of sp³-hybridized carbons (Fsp3) is 1.00. The lowest BCUT2D eigenvalue weighted by atomic mass is 10.1. The van der Waals surface area contributed by atoms with E-state index in [1.165, 1.54) is 96.6 Å². The van der Waals surface area contributed by atoms with Crippen LogP contribution in [0.5, 0.6) is 0 Å². The highest BCUT2D eigenvalue weighted by Gasteiger charge is 2.20. The summed E-state index contributed by atoms with van der Waals surface area (Å²) in [7, 11) is 0. The van der Waals surface area contributed by atoms with E-state index >= 15 is 0 Å². The minimum atomic E-state index is 0.980. The number of rotatable bonds is 13. The summed E-state index contributed by atoms with van der Waals surface area (Å²) in [4.78, 5) is 0. The van der Waals surface area contributed by atoms with Gasteiger partial charge in [0.1, 0.15) is 0 Å². The van der Waals surface area contributed by atoms with E-state index in [9.17, 15) is 0 Å². The van der Waals surface area contributed by atoms with Gasteiger partial charge in [0.2, 0.25) is 0 Å². The largest absolute Gasteiger partial charge is 0.316 e. The average Bonchev–Trinajstić information content (AvgIpc) is 2.86. The average molecular weight is 282 g/mol. The van der Waals surface area contributed by atoms with Crippen molar-refractivity contribution in [2.24, 2.45) is 11.8 Å². The molecule has 2 atom stereocenters. The molecule has 0 bridgehead atoms. The maximum absolute atomic E-state index is 3.67. The second kappa shape index (κ2) is 12.7. The molecule has 1 rings (SSSR count). The predicted molar refractivity (Wildman–Crippen MR) is 91.2 cm³/mol. The minimum absolute atomic E-state index is 0.980. The van der Waals surface area contributed by atoms with E-state index in [0.717, 1.165) is 11.8 Å². The topological polar surface area (TPSA) is 12.0 Å². The van der Waals surface area contributed by atoms with Gasteiger partial charge in [-0.1, -0.05) is 78.1 Å². The van der Waals surface area contributed by atoms with Crippen molar-refractivity contribution in [3.05, 3.63) is 0 Å². The molecule has 0 aliphatic heterocycles. The third-order valence-electron chi connectivity index (χ3n) is 4.94. The van der Waals surface area contributed by atoms with Crippen LogP contribution in [0, 0.1) is 11.8 Å². The Morgan fingerprint density at radius 1 is 0.800 bits per heavy atom. The molecule has 1 aliphatic carbocycles. The Bertz CT molecular complexity index is 202. The zero-order valence-corrected chi connectivity index (χ0v) is 14.3. The summed E-state index contributed by atoms with van der Waals surface area (Å²) < 4.78 is 0. The van der Waals surface area contributed by atoms with Crippen molar-refractivity contribution in [2.75, 3.05) is 13.1 Å². The number of unbranched alkanes of at least 4 members (excludes halogenated alkanes) is 9. The van der Waals surface area contributed by atoms with Gasteiger partial charge in [-0.3, -0.25) is 0 Å². The van der Waals surface area contributed by atoms with Crippen molar-refractivity contribution in [1.29, 1.82) is 0 Å². The molecule has 1 nitrogen and oxygen atoms in total. The van der Waals surface area contributed by atoms with Gasteiger partial charge in [0.25, 0.3) is 0 Å². The van der Waals surface area contributed by atoms with Crippen molar-refractivity contribution in [1.82, 2.24) is 5.32 Å². The molecule has 1 heteroatoms. The normalized spacial score (nSPS) is 22.5. The maximum atomic E-state index is 3.67. The standard InChI is InChI=1S/C19H39N/c1-3-4-5-6-7-8-9-10-11-12-15-20-17-19-14-13-18(2)16-19/h18-20H,3-17H2,1-2H3. The lowest BCUT2D eigenvalue weighted by molar-refractivity contribution is 0.461. The predicted octanol–water partition coefficient (Wildman–Crippen LogP) is 5.93. The lowest BCUT2D eigenvalue weighted by Crippen LogP contribution is -2.22. The first kappa shape index (κ1) is 18.0. The van der Waals surface area contributed by atoms with Crippen molar-refractivity contribution in [3.8, 4) is 0 Å². The summed E-state index contributed by atoms with van der Waals surface area (Å²) in [6, 6.07) is 0. The Labute approximate surface area is 128 Å². The van der Waals surface area contributed by atoms with Crippen LogP contribution >= 0.6 is 0 Å². The first-order chi connectivity index (χ1) is 9.83. The molecular formula is C19H39N. The van der Waals surface area contributed by atoms with E-state index in [1.807, 2.05) is 0 Å². The Morgan fingerprint density at radius 3 is 1.95 bits per heavy atom. The van der Waals surface area contributed by atoms with Crippen LogP contribution in [0.25, 0.3) is 0 Å². The number of hydrogen-bond donors (Lipinski definition) is 1. The van der Waals surface area contributed by atoms with Gasteiger partial charge in [-0.05, 0) is 44.2 Å². The van der Waals surface area contributed by atoms with Gasteiger partial charge in [-0.25, -0.2) is 0 Å². The van der Waals surface area contributed by atoms with Crippen LogP contribution in [0.4, 0.5) is 0 Å². The molecule has 0 aromatic carbocycles. The van der Waals surface area contributed by atoms with Crippen molar-refractivity contribution < 1.29 is 0 Å². The molecule has 0 heterocycles. The molecule has 0 aromatic rings. The van der Waals surface area contributed by atoms with E-state index in [0.29, 0.717) is 0 Å². The summed E-state index contributed by atoms with van der Waals surface area (Å²) >= 11 is 0. The van der Waals surface area contributed by atoms with E-state index in [4.69, 9.17) is 0 Å². The van der Waals surface area contributed by atoms with Crippen LogP contribution in [0.2, 0.25) is 0 Å². The van der Waals surface area contributed by atoms with Crippen molar-refractivity contribution >= 4 is 0 Å². The first-order valence-corrected chi connectivity index (χ1v) is 9.53. The van der Waals surface area contributed by atoms with Gasteiger partial charge in [0, 0.05) is 0 Å². The Hall–Kier alpha value is -0.0400. The van der Waals surface area contributed by atoms with E-state index in [-0.39, 0.29) is 0 Å². The smallest absolute Gasteiger partial charge is 0.00204 e. The molecule has 0 amide bonds. The van der Waals surface area contributed by atoms with Gasteiger partial charge in [0.05, 0.1) is 0 Å². The second-order valence-corrected chi connectivity index (χ2v) is 7.17. The number of hydrogen-bond acceptors (Lipinski definition) is 1. The van der Waals surface area contributed by atoms with E-state index in [1.54, 1.807) is 0 Å². The number of nitrogens with one attached hydrogen (secondary N) is 1. The molecule has 0 aromatic heterocycles. The summed E-state index contributed by atoms with van der Waals surface area (Å²) in [5.41, 5.74) is 0. The molecule has 1 aliphatic rings. The quantitative estimate of drug-likeness (QED) is 0.412. The van der Waals surface area contributed by atoms with Crippen LogP contribution in [-0.2, 0) is 0 Å². The Balaban J connectivity index is 1.70. The molecule has 20 heavy (non-hydrogen) atoms. The van der Waals surface area contributed by atoms with Crippen LogP contribution in [-0.4, -0.2) is 13.1 Å². The molecule has 1 saturated carbocycles. The molecule has 0 radical (unpaired) electrons. The van der Waals surface area contributed by atoms with E-state index < -0.39 is 0 Å². The zero-order chi connectivity index (χ0) is 14.5. The fourth-order valence-corrected chi connectivity index (χ4v) is 3.55. The van der Waals surface area contributed by atoms with Gasteiger partial charge >= 0.3 is 0 Å². The highest BCUT2D eigenvalue weighted by Crippen LogP contribution is 2.29.